The molecule has 0 aromatic carbocycles. The third-order valence-corrected chi connectivity index (χ3v) is 5.46. The van der Waals surface area contributed by atoms with Gasteiger partial charge in [0.25, 0.3) is 0 Å². The fourth-order valence-corrected chi connectivity index (χ4v) is 4.38. The number of pyridine rings is 1. The second-order valence-corrected chi connectivity index (χ2v) is 6.45. The highest BCUT2D eigenvalue weighted by Crippen LogP contribution is 2.23. The van der Waals surface area contributed by atoms with Crippen LogP contribution in [0.2, 0.25) is 0 Å². The molecule has 0 radical (unpaired) electrons. The van der Waals surface area contributed by atoms with Gasteiger partial charge < -0.3 is 5.32 Å². The van der Waals surface area contributed by atoms with E-state index in [0.29, 0.717) is 5.25 Å². The van der Waals surface area contributed by atoms with Crippen molar-refractivity contribution in [2.75, 3.05) is 29.1 Å². The summed E-state index contributed by atoms with van der Waals surface area (Å²) in [6.07, 6.45) is 1.92. The Bertz CT molecular complexity index is 460. The van der Waals surface area contributed by atoms with Gasteiger partial charge in [0.05, 0.1) is 0 Å². The van der Waals surface area contributed by atoms with Crippen LogP contribution in [0.3, 0.4) is 0 Å². The zero-order valence-electron chi connectivity index (χ0n) is 9.37. The lowest BCUT2D eigenvalue weighted by Gasteiger charge is -2.20. The molecule has 1 N–H and O–H groups in total. The number of fused-ring (bicyclic) bond motifs is 1. The minimum Gasteiger partial charge on any atom is -0.352 e. The molecule has 2 aromatic heterocycles. The third-order valence-electron chi connectivity index (χ3n) is 2.61. The number of anilines is 1. The Hall–Kier alpha value is -0.880. The van der Waals surface area contributed by atoms with Gasteiger partial charge in [-0.1, -0.05) is 6.07 Å². The van der Waals surface area contributed by atoms with Crippen molar-refractivity contribution in [3.63, 3.8) is 0 Å². The first-order valence-electron chi connectivity index (χ1n) is 5.66. The molecule has 3 heterocycles. The van der Waals surface area contributed by atoms with Crippen LogP contribution in [-0.2, 0) is 0 Å². The van der Waals surface area contributed by atoms with Crippen LogP contribution < -0.4 is 5.32 Å². The summed E-state index contributed by atoms with van der Waals surface area (Å²) < 4.78 is 1.80. The van der Waals surface area contributed by atoms with E-state index in [-0.39, 0.29) is 0 Å². The average Bonchev–Trinajstić information content (AvgIpc) is 2.80. The third kappa shape index (κ3) is 2.69. The van der Waals surface area contributed by atoms with Gasteiger partial charge in [0.2, 0.25) is 5.95 Å². The lowest BCUT2D eigenvalue weighted by molar-refractivity contribution is 0.934. The average molecular weight is 266 g/mol. The normalized spacial score (nSPS) is 20.6. The Morgan fingerprint density at radius 2 is 2.41 bits per heavy atom. The second-order valence-electron chi connectivity index (χ2n) is 3.89. The predicted octanol–water partition coefficient (Wildman–Crippen LogP) is 1.99. The van der Waals surface area contributed by atoms with Crippen LogP contribution in [0.1, 0.15) is 0 Å². The molecule has 1 aliphatic rings. The van der Waals surface area contributed by atoms with Crippen LogP contribution >= 0.6 is 23.5 Å². The molecule has 2 aromatic rings. The highest BCUT2D eigenvalue weighted by Gasteiger charge is 2.14. The van der Waals surface area contributed by atoms with E-state index in [1.807, 2.05) is 47.9 Å². The molecule has 17 heavy (non-hydrogen) atoms. The SMILES string of the molecule is c1ccn2nc(NCC3CSCCS3)nc2c1. The van der Waals surface area contributed by atoms with E-state index in [0.717, 1.165) is 18.1 Å². The van der Waals surface area contributed by atoms with E-state index >= 15 is 0 Å². The van der Waals surface area contributed by atoms with Crippen molar-refractivity contribution in [3.05, 3.63) is 24.4 Å². The molecule has 1 atom stereocenters. The molecular weight excluding hydrogens is 252 g/mol. The lowest BCUT2D eigenvalue weighted by atomic mass is 10.5. The number of aromatic nitrogens is 3. The van der Waals surface area contributed by atoms with E-state index in [1.165, 1.54) is 17.3 Å². The maximum absolute atomic E-state index is 4.42. The standard InChI is InChI=1S/C11H14N4S2/c1-2-4-15-10(3-1)13-11(14-15)12-7-9-8-16-5-6-17-9/h1-4,9H,5-8H2,(H,12,14). The van der Waals surface area contributed by atoms with Crippen molar-refractivity contribution >= 4 is 35.1 Å². The van der Waals surface area contributed by atoms with Crippen molar-refractivity contribution in [2.24, 2.45) is 0 Å². The van der Waals surface area contributed by atoms with Gasteiger partial charge in [-0.15, -0.1) is 5.10 Å². The van der Waals surface area contributed by atoms with Gasteiger partial charge in [-0.2, -0.15) is 28.5 Å². The topological polar surface area (TPSA) is 42.2 Å². The van der Waals surface area contributed by atoms with Crippen LogP contribution in [-0.4, -0.2) is 43.7 Å². The summed E-state index contributed by atoms with van der Waals surface area (Å²) in [7, 11) is 0. The van der Waals surface area contributed by atoms with Gasteiger partial charge in [-0.05, 0) is 12.1 Å². The molecule has 3 rings (SSSR count). The van der Waals surface area contributed by atoms with Crippen molar-refractivity contribution in [3.8, 4) is 0 Å². The molecule has 90 valence electrons. The highest BCUT2D eigenvalue weighted by atomic mass is 32.2. The summed E-state index contributed by atoms with van der Waals surface area (Å²) in [4.78, 5) is 4.42. The number of hydrogen-bond donors (Lipinski definition) is 1. The fourth-order valence-electron chi connectivity index (χ4n) is 1.77. The van der Waals surface area contributed by atoms with Crippen LogP contribution in [0.25, 0.3) is 5.65 Å². The summed E-state index contributed by atoms with van der Waals surface area (Å²) in [5, 5.41) is 8.38. The molecule has 1 unspecified atom stereocenters. The first-order chi connectivity index (χ1) is 8.42. The molecule has 0 amide bonds. The quantitative estimate of drug-likeness (QED) is 0.920. The molecule has 0 spiro atoms. The molecule has 1 saturated heterocycles. The minimum atomic E-state index is 0.681. The van der Waals surface area contributed by atoms with Gasteiger partial charge >= 0.3 is 0 Å². The maximum Gasteiger partial charge on any atom is 0.243 e. The van der Waals surface area contributed by atoms with Crippen molar-refractivity contribution in [2.45, 2.75) is 5.25 Å². The number of rotatable bonds is 3. The van der Waals surface area contributed by atoms with E-state index in [2.05, 4.69) is 15.4 Å². The molecule has 0 saturated carbocycles. The van der Waals surface area contributed by atoms with Crippen molar-refractivity contribution in [1.82, 2.24) is 14.6 Å². The number of nitrogens with one attached hydrogen (secondary N) is 1. The molecule has 4 nitrogen and oxygen atoms in total. The Balaban J connectivity index is 1.64. The molecule has 1 aliphatic heterocycles. The van der Waals surface area contributed by atoms with Gasteiger partial charge in [0.15, 0.2) is 5.65 Å². The lowest BCUT2D eigenvalue weighted by Crippen LogP contribution is -2.23. The summed E-state index contributed by atoms with van der Waals surface area (Å²) in [5.41, 5.74) is 0.890. The van der Waals surface area contributed by atoms with Crippen molar-refractivity contribution in [1.29, 1.82) is 0 Å². The summed E-state index contributed by atoms with van der Waals surface area (Å²) in [5.74, 6) is 4.50. The van der Waals surface area contributed by atoms with Gasteiger partial charge in [0, 0.05) is 35.3 Å². The zero-order chi connectivity index (χ0) is 11.5. The zero-order valence-corrected chi connectivity index (χ0v) is 11.0. The molecular formula is C11H14N4S2. The monoisotopic (exact) mass is 266 g/mol. The predicted molar refractivity (Wildman–Crippen MR) is 75.0 cm³/mol. The summed E-state index contributed by atoms with van der Waals surface area (Å²) >= 11 is 4.08. The molecule has 0 bridgehead atoms. The summed E-state index contributed by atoms with van der Waals surface area (Å²) in [6, 6.07) is 5.89. The highest BCUT2D eigenvalue weighted by molar-refractivity contribution is 8.06. The Morgan fingerprint density at radius 3 is 3.24 bits per heavy atom. The van der Waals surface area contributed by atoms with Crippen molar-refractivity contribution < 1.29 is 0 Å². The Labute approximate surface area is 109 Å². The van der Waals surface area contributed by atoms with Crippen LogP contribution in [0, 0.1) is 0 Å². The summed E-state index contributed by atoms with van der Waals surface area (Å²) in [6.45, 7) is 0.953. The first kappa shape index (κ1) is 11.2. The Morgan fingerprint density at radius 1 is 1.41 bits per heavy atom. The molecule has 6 heteroatoms. The van der Waals surface area contributed by atoms with Crippen LogP contribution in [0.15, 0.2) is 24.4 Å². The second kappa shape index (κ2) is 5.18. The van der Waals surface area contributed by atoms with E-state index in [1.54, 1.807) is 4.52 Å². The van der Waals surface area contributed by atoms with Crippen LogP contribution in [0.4, 0.5) is 5.95 Å². The van der Waals surface area contributed by atoms with Gasteiger partial charge in [-0.25, -0.2) is 4.52 Å². The number of nitrogens with zero attached hydrogens (tertiary/aromatic N) is 3. The fraction of sp³-hybridized carbons (Fsp3) is 0.455. The first-order valence-corrected chi connectivity index (χ1v) is 7.87. The van der Waals surface area contributed by atoms with E-state index in [9.17, 15) is 0 Å². The smallest absolute Gasteiger partial charge is 0.243 e. The Kier molecular flexibility index (Phi) is 3.42. The molecule has 1 fully saturated rings. The van der Waals surface area contributed by atoms with Gasteiger partial charge in [0.1, 0.15) is 0 Å². The van der Waals surface area contributed by atoms with Gasteiger partial charge in [-0.3, -0.25) is 0 Å². The largest absolute Gasteiger partial charge is 0.352 e. The maximum atomic E-state index is 4.42. The number of thioether (sulfide) groups is 2. The number of hydrogen-bond acceptors (Lipinski definition) is 5. The molecule has 0 aliphatic carbocycles. The van der Waals surface area contributed by atoms with E-state index in [4.69, 9.17) is 0 Å². The van der Waals surface area contributed by atoms with Crippen LogP contribution in [0.5, 0.6) is 0 Å². The minimum absolute atomic E-state index is 0.681. The van der Waals surface area contributed by atoms with E-state index < -0.39 is 0 Å².